The Labute approximate surface area is 329 Å². The summed E-state index contributed by atoms with van der Waals surface area (Å²) in [6.07, 6.45) is 13.1. The van der Waals surface area contributed by atoms with Gasteiger partial charge in [0.1, 0.15) is 0 Å². The van der Waals surface area contributed by atoms with Gasteiger partial charge in [0.15, 0.2) is 0 Å². The molecule has 0 bridgehead atoms. The van der Waals surface area contributed by atoms with Gasteiger partial charge in [0.05, 0.1) is 27.9 Å². The average Bonchev–Trinajstić information content (AvgIpc) is 3.76. The molecule has 2 heterocycles. The Kier molecular flexibility index (Phi) is 9.62. The molecule has 8 rings (SSSR count). The van der Waals surface area contributed by atoms with Crippen LogP contribution in [0, 0.1) is 0 Å². The van der Waals surface area contributed by atoms with Crippen molar-refractivity contribution in [3.8, 4) is 33.6 Å². The summed E-state index contributed by atoms with van der Waals surface area (Å²) >= 11 is 0. The van der Waals surface area contributed by atoms with Gasteiger partial charge in [0, 0.05) is 33.0 Å². The largest absolute Gasteiger partial charge is 0.309 e. The van der Waals surface area contributed by atoms with Gasteiger partial charge in [-0.1, -0.05) is 167 Å². The summed E-state index contributed by atoms with van der Waals surface area (Å²) in [5.41, 5.74) is 15.9. The van der Waals surface area contributed by atoms with E-state index in [1.807, 2.05) is 30.4 Å². The van der Waals surface area contributed by atoms with Gasteiger partial charge in [-0.3, -0.25) is 0 Å². The zero-order valence-corrected chi connectivity index (χ0v) is 31.5. The van der Waals surface area contributed by atoms with Gasteiger partial charge in [-0.05, 0) is 93.6 Å². The fraction of sp³-hybridized carbons (Fsp3) is 0. The molecule has 0 unspecified atom stereocenters. The monoisotopic (exact) mass is 718 g/mol. The first-order chi connectivity index (χ1) is 27.5. The van der Waals surface area contributed by atoms with E-state index in [1.165, 1.54) is 32.9 Å². The van der Waals surface area contributed by atoms with E-state index in [0.29, 0.717) is 0 Å². The number of nitrogens with zero attached hydrogens (tertiary/aromatic N) is 2. The van der Waals surface area contributed by atoms with Crippen molar-refractivity contribution in [1.29, 1.82) is 0 Å². The maximum absolute atomic E-state index is 4.33. The van der Waals surface area contributed by atoms with E-state index in [2.05, 4.69) is 188 Å². The van der Waals surface area contributed by atoms with Gasteiger partial charge in [0.2, 0.25) is 0 Å². The minimum Gasteiger partial charge on any atom is -0.309 e. The summed E-state index contributed by atoms with van der Waals surface area (Å²) in [5, 5.41) is 3.54. The van der Waals surface area contributed by atoms with Gasteiger partial charge >= 0.3 is 0 Å². The lowest BCUT2D eigenvalue weighted by Crippen LogP contribution is -1.98. The van der Waals surface area contributed by atoms with E-state index < -0.39 is 0 Å². The van der Waals surface area contributed by atoms with Crippen molar-refractivity contribution in [1.82, 2.24) is 9.13 Å². The molecule has 6 aromatic carbocycles. The van der Waals surface area contributed by atoms with Crippen LogP contribution in [-0.4, -0.2) is 9.13 Å². The molecular weight excluding hydrogens is 677 g/mol. The van der Waals surface area contributed by atoms with Crippen LogP contribution in [0.25, 0.3) is 84.1 Å². The maximum Gasteiger partial charge on any atom is 0.0541 e. The van der Waals surface area contributed by atoms with Crippen LogP contribution in [0.15, 0.2) is 221 Å². The zero-order valence-electron chi connectivity index (χ0n) is 31.5. The second-order valence-electron chi connectivity index (χ2n) is 13.7. The molecule has 0 aliphatic rings. The minimum absolute atomic E-state index is 0.817. The van der Waals surface area contributed by atoms with Gasteiger partial charge in [0.25, 0.3) is 0 Å². The fourth-order valence-corrected chi connectivity index (χ4v) is 7.89. The highest BCUT2D eigenvalue weighted by atomic mass is 15.0. The molecule has 0 N–H and O–H groups in total. The molecule has 2 aromatic heterocycles. The molecule has 0 fully saturated rings. The second-order valence-corrected chi connectivity index (χ2v) is 13.7. The fourth-order valence-electron chi connectivity index (χ4n) is 7.89. The Morgan fingerprint density at radius 1 is 0.518 bits per heavy atom. The topological polar surface area (TPSA) is 9.86 Å². The molecule has 0 aliphatic carbocycles. The Balaban J connectivity index is 1.22. The number of hydrogen-bond donors (Lipinski definition) is 0. The first-order valence-electron chi connectivity index (χ1n) is 18.7. The molecule has 56 heavy (non-hydrogen) atoms. The number of fused-ring (bicyclic) bond motifs is 4. The van der Waals surface area contributed by atoms with Crippen LogP contribution in [-0.2, 0) is 0 Å². The summed E-state index contributed by atoms with van der Waals surface area (Å²) in [6.45, 7) is 24.7. The van der Waals surface area contributed by atoms with E-state index in [4.69, 9.17) is 0 Å². The number of para-hydroxylation sites is 2. The van der Waals surface area contributed by atoms with Crippen LogP contribution >= 0.6 is 0 Å². The molecule has 0 saturated carbocycles. The van der Waals surface area contributed by atoms with Crippen LogP contribution in [0.1, 0.15) is 16.8 Å². The first-order valence-corrected chi connectivity index (χ1v) is 18.7. The van der Waals surface area contributed by atoms with Crippen molar-refractivity contribution in [2.45, 2.75) is 0 Å². The zero-order chi connectivity index (χ0) is 38.8. The molecular formula is C54H42N2. The lowest BCUT2D eigenvalue weighted by atomic mass is 9.93. The van der Waals surface area contributed by atoms with Crippen molar-refractivity contribution in [2.24, 2.45) is 0 Å². The van der Waals surface area contributed by atoms with Gasteiger partial charge in [-0.2, -0.15) is 0 Å². The van der Waals surface area contributed by atoms with E-state index in [0.717, 1.165) is 66.9 Å². The molecule has 0 radical (unpaired) electrons. The third-order valence-corrected chi connectivity index (χ3v) is 10.5. The minimum atomic E-state index is 0.817. The summed E-state index contributed by atoms with van der Waals surface area (Å²) < 4.78 is 4.66. The van der Waals surface area contributed by atoms with Crippen LogP contribution in [0.5, 0.6) is 0 Å². The molecule has 0 saturated heterocycles. The predicted molar refractivity (Wildman–Crippen MR) is 244 cm³/mol. The molecule has 0 atom stereocenters. The molecule has 8 aromatic rings. The van der Waals surface area contributed by atoms with Crippen molar-refractivity contribution < 1.29 is 0 Å². The van der Waals surface area contributed by atoms with E-state index in [-0.39, 0.29) is 0 Å². The molecule has 0 amide bonds. The van der Waals surface area contributed by atoms with Crippen molar-refractivity contribution >= 4 is 50.4 Å². The smallest absolute Gasteiger partial charge is 0.0541 e. The molecule has 0 aliphatic heterocycles. The van der Waals surface area contributed by atoms with Gasteiger partial charge in [-0.15, -0.1) is 0 Å². The first kappa shape index (κ1) is 35.6. The van der Waals surface area contributed by atoms with Gasteiger partial charge < -0.3 is 9.13 Å². The molecule has 268 valence electrons. The second kappa shape index (κ2) is 15.1. The van der Waals surface area contributed by atoms with E-state index in [1.54, 1.807) is 12.2 Å². The number of aromatic nitrogens is 2. The average molecular weight is 719 g/mol. The Bertz CT molecular complexity index is 2940. The Morgan fingerprint density at radius 3 is 1.86 bits per heavy atom. The van der Waals surface area contributed by atoms with Gasteiger partial charge in [-0.25, -0.2) is 0 Å². The maximum atomic E-state index is 4.33. The van der Waals surface area contributed by atoms with Crippen molar-refractivity contribution in [3.05, 3.63) is 237 Å². The summed E-state index contributed by atoms with van der Waals surface area (Å²) in [4.78, 5) is 0. The normalized spacial score (nSPS) is 11.7. The molecule has 0 spiro atoms. The molecule has 2 nitrogen and oxygen atoms in total. The third kappa shape index (κ3) is 6.14. The number of hydrogen-bond acceptors (Lipinski definition) is 0. The number of allylic oxidation sites excluding steroid dienone is 8. The van der Waals surface area contributed by atoms with Crippen molar-refractivity contribution in [2.75, 3.05) is 0 Å². The summed E-state index contributed by atoms with van der Waals surface area (Å²) in [7, 11) is 0. The van der Waals surface area contributed by atoms with E-state index in [9.17, 15) is 0 Å². The number of rotatable bonds is 12. The quantitative estimate of drug-likeness (QED) is 0.111. The van der Waals surface area contributed by atoms with Crippen LogP contribution in [0.4, 0.5) is 0 Å². The standard InChI is InChI=1S/C54H42N2/c1-7-11-20-37(5)38(6)45(19-8-2)40-27-31-43(32-28-40)55-50(10-4)44(9-3)48-35-41(29-33-53(48)55)42-30-34-54-49(36-42)47-24-16-18-26-52(47)56(54)51-25-17-15-23-46(51)39-21-13-12-14-22-39/h7-36H,1-6H2/b20-11-,45-19+. The predicted octanol–water partition coefficient (Wildman–Crippen LogP) is 14.8. The Hall–Kier alpha value is -7.42. The lowest BCUT2D eigenvalue weighted by Gasteiger charge is -2.14. The SMILES string of the molecule is C=C/C=C\C(=C)C(=C)/C(=C\C=C)c1ccc(-n2c(C=C)c(C=C)c3cc(-c4ccc5c(c4)c4ccccc4n5-c4ccccc4-c4ccccc4)ccc32)cc1. The number of benzene rings is 6. The summed E-state index contributed by atoms with van der Waals surface area (Å²) in [5.74, 6) is 0. The van der Waals surface area contributed by atoms with Crippen LogP contribution in [0.2, 0.25) is 0 Å². The highest BCUT2D eigenvalue weighted by molar-refractivity contribution is 6.11. The third-order valence-electron chi connectivity index (χ3n) is 10.5. The van der Waals surface area contributed by atoms with Crippen LogP contribution < -0.4 is 0 Å². The molecule has 2 heteroatoms. The van der Waals surface area contributed by atoms with E-state index >= 15 is 0 Å². The Morgan fingerprint density at radius 2 is 1.16 bits per heavy atom. The van der Waals surface area contributed by atoms with Crippen LogP contribution in [0.3, 0.4) is 0 Å². The van der Waals surface area contributed by atoms with Crippen molar-refractivity contribution in [3.63, 3.8) is 0 Å². The summed E-state index contributed by atoms with van der Waals surface area (Å²) in [6, 6.07) is 50.0. The highest BCUT2D eigenvalue weighted by Gasteiger charge is 2.19. The highest BCUT2D eigenvalue weighted by Crippen LogP contribution is 2.40. The lowest BCUT2D eigenvalue weighted by molar-refractivity contribution is 1.10.